The molecule has 4 rings (SSSR count). The molecule has 0 bridgehead atoms. The van der Waals surface area contributed by atoms with Crippen molar-refractivity contribution in [2.24, 2.45) is 0 Å². The summed E-state index contributed by atoms with van der Waals surface area (Å²) < 4.78 is 43.4. The lowest BCUT2D eigenvalue weighted by Gasteiger charge is -2.34. The Labute approximate surface area is 260 Å². The maximum absolute atomic E-state index is 14.3. The number of hydrogen-bond acceptors (Lipinski definition) is 4. The van der Waals surface area contributed by atoms with Crippen molar-refractivity contribution in [1.82, 2.24) is 10.2 Å². The lowest BCUT2D eigenvalue weighted by Crippen LogP contribution is -2.53. The Hall–Kier alpha value is -4.02. The molecule has 43 heavy (non-hydrogen) atoms. The Morgan fingerprint density at radius 1 is 0.860 bits per heavy atom. The summed E-state index contributed by atoms with van der Waals surface area (Å²) in [5.74, 6) is -1.50. The Balaban J connectivity index is 1.78. The number of carbonyl (C=O) groups is 2. The number of hydrogen-bond donors (Lipinski definition) is 1. The van der Waals surface area contributed by atoms with E-state index in [4.69, 9.17) is 0 Å². The van der Waals surface area contributed by atoms with Gasteiger partial charge in [-0.3, -0.25) is 13.9 Å². The van der Waals surface area contributed by atoms with Crippen molar-refractivity contribution in [3.63, 3.8) is 0 Å². The number of halogens is 2. The fourth-order valence-electron chi connectivity index (χ4n) is 4.61. The topological polar surface area (TPSA) is 86.8 Å². The van der Waals surface area contributed by atoms with Crippen LogP contribution in [0.1, 0.15) is 23.6 Å². The van der Waals surface area contributed by atoms with Gasteiger partial charge in [-0.15, -0.1) is 0 Å². The Bertz CT molecular complexity index is 1630. The number of anilines is 1. The first kappa shape index (κ1) is 31.9. The number of nitrogens with one attached hydrogen (secondary N) is 1. The molecule has 0 aliphatic rings. The first-order valence-corrected chi connectivity index (χ1v) is 16.0. The molecule has 4 aromatic carbocycles. The van der Waals surface area contributed by atoms with E-state index >= 15 is 0 Å². The molecule has 0 aromatic heterocycles. The number of benzene rings is 4. The van der Waals surface area contributed by atoms with Crippen molar-refractivity contribution in [2.45, 2.75) is 37.8 Å². The fourth-order valence-corrected chi connectivity index (χ4v) is 6.28. The smallest absolute Gasteiger partial charge is 0.264 e. The summed E-state index contributed by atoms with van der Waals surface area (Å²) in [6.07, 6.45) is 0.226. The minimum absolute atomic E-state index is 0.0685. The van der Waals surface area contributed by atoms with Crippen LogP contribution in [0.3, 0.4) is 0 Å². The molecule has 1 unspecified atom stereocenters. The number of amides is 2. The van der Waals surface area contributed by atoms with Gasteiger partial charge >= 0.3 is 0 Å². The molecule has 0 spiro atoms. The van der Waals surface area contributed by atoms with E-state index in [2.05, 4.69) is 21.2 Å². The van der Waals surface area contributed by atoms with Crippen LogP contribution in [-0.2, 0) is 32.6 Å². The van der Waals surface area contributed by atoms with Crippen LogP contribution in [0.5, 0.6) is 0 Å². The summed E-state index contributed by atoms with van der Waals surface area (Å²) in [7, 11) is -4.29. The number of nitrogens with zero attached hydrogens (tertiary/aromatic N) is 2. The van der Waals surface area contributed by atoms with E-state index in [1.165, 1.54) is 17.0 Å². The summed E-state index contributed by atoms with van der Waals surface area (Å²) in [5, 5.41) is 2.84. The predicted octanol–water partition coefficient (Wildman–Crippen LogP) is 5.87. The second-order valence-corrected chi connectivity index (χ2v) is 12.8. The average molecular weight is 667 g/mol. The summed E-state index contributed by atoms with van der Waals surface area (Å²) in [4.78, 5) is 29.1. The third-order valence-corrected chi connectivity index (χ3v) is 9.21. The first-order chi connectivity index (χ1) is 20.6. The van der Waals surface area contributed by atoms with Crippen LogP contribution in [0.4, 0.5) is 10.1 Å². The zero-order valence-electron chi connectivity index (χ0n) is 23.9. The summed E-state index contributed by atoms with van der Waals surface area (Å²) in [5.41, 5.74) is 2.79. The van der Waals surface area contributed by atoms with E-state index in [1.54, 1.807) is 31.2 Å². The van der Waals surface area contributed by atoms with Gasteiger partial charge in [-0.05, 0) is 73.5 Å². The molecule has 0 aliphatic carbocycles. The van der Waals surface area contributed by atoms with Crippen LogP contribution in [0, 0.1) is 12.7 Å². The van der Waals surface area contributed by atoms with Crippen molar-refractivity contribution >= 4 is 43.5 Å². The SMILES string of the molecule is CCNC(=O)C(Cc1ccccc1)N(Cc1ccc(Br)cc1)C(=O)CN(c1ccc(C)cc1)S(=O)(=O)c1ccc(F)cc1. The van der Waals surface area contributed by atoms with Gasteiger partial charge in [0.05, 0.1) is 10.6 Å². The van der Waals surface area contributed by atoms with Gasteiger partial charge < -0.3 is 10.2 Å². The molecule has 2 amide bonds. The Morgan fingerprint density at radius 3 is 2.09 bits per heavy atom. The maximum atomic E-state index is 14.3. The van der Waals surface area contributed by atoms with Crippen molar-refractivity contribution in [3.8, 4) is 0 Å². The molecule has 0 heterocycles. The van der Waals surface area contributed by atoms with Gasteiger partial charge in [0.2, 0.25) is 11.8 Å². The molecule has 0 fully saturated rings. The van der Waals surface area contributed by atoms with E-state index in [9.17, 15) is 22.4 Å². The summed E-state index contributed by atoms with van der Waals surface area (Å²) in [6, 6.07) is 27.0. The summed E-state index contributed by atoms with van der Waals surface area (Å²) in [6.45, 7) is 3.52. The molecule has 224 valence electrons. The molecule has 0 saturated carbocycles. The third kappa shape index (κ3) is 8.30. The van der Waals surface area contributed by atoms with Gasteiger partial charge in [0.1, 0.15) is 18.4 Å². The van der Waals surface area contributed by atoms with Crippen molar-refractivity contribution in [2.75, 3.05) is 17.4 Å². The lowest BCUT2D eigenvalue weighted by atomic mass is 10.0. The molecule has 7 nitrogen and oxygen atoms in total. The highest BCUT2D eigenvalue weighted by atomic mass is 79.9. The zero-order chi connectivity index (χ0) is 31.0. The van der Waals surface area contributed by atoms with Crippen LogP contribution >= 0.6 is 15.9 Å². The highest BCUT2D eigenvalue weighted by Gasteiger charge is 2.34. The molecule has 4 aromatic rings. The minimum Gasteiger partial charge on any atom is -0.355 e. The second kappa shape index (κ2) is 14.4. The van der Waals surface area contributed by atoms with Crippen molar-refractivity contribution in [1.29, 1.82) is 0 Å². The number of aryl methyl sites for hydroxylation is 1. The molecule has 0 radical (unpaired) electrons. The van der Waals surface area contributed by atoms with E-state index in [-0.39, 0.29) is 29.5 Å². The van der Waals surface area contributed by atoms with E-state index < -0.39 is 34.3 Å². The van der Waals surface area contributed by atoms with Crippen molar-refractivity contribution in [3.05, 3.63) is 130 Å². The fraction of sp³-hybridized carbons (Fsp3) is 0.212. The predicted molar refractivity (Wildman–Crippen MR) is 169 cm³/mol. The van der Waals surface area contributed by atoms with Gasteiger partial charge in [0, 0.05) is 24.0 Å². The number of likely N-dealkylation sites (N-methyl/N-ethyl adjacent to an activating group) is 1. The Morgan fingerprint density at radius 2 is 1.49 bits per heavy atom. The quantitative estimate of drug-likeness (QED) is 0.205. The molecule has 1 N–H and O–H groups in total. The number of sulfonamides is 1. The van der Waals surface area contributed by atoms with E-state index in [0.29, 0.717) is 6.54 Å². The molecular formula is C33H33BrFN3O4S. The van der Waals surface area contributed by atoms with Crippen molar-refractivity contribution < 1.29 is 22.4 Å². The van der Waals surface area contributed by atoms with Gasteiger partial charge in [0.25, 0.3) is 10.0 Å². The number of carbonyl (C=O) groups excluding carboxylic acids is 2. The van der Waals surface area contributed by atoms with Crippen LogP contribution in [0.2, 0.25) is 0 Å². The van der Waals surface area contributed by atoms with Gasteiger partial charge in [-0.1, -0.05) is 76.1 Å². The van der Waals surface area contributed by atoms with Gasteiger partial charge in [-0.2, -0.15) is 0 Å². The second-order valence-electron chi connectivity index (χ2n) is 10.0. The van der Waals surface area contributed by atoms with Crippen LogP contribution in [-0.4, -0.2) is 44.3 Å². The monoisotopic (exact) mass is 665 g/mol. The Kier molecular flexibility index (Phi) is 10.7. The van der Waals surface area contributed by atoms with Gasteiger partial charge in [-0.25, -0.2) is 12.8 Å². The first-order valence-electron chi connectivity index (χ1n) is 13.8. The van der Waals surface area contributed by atoms with Crippen LogP contribution in [0.25, 0.3) is 0 Å². The van der Waals surface area contributed by atoms with E-state index in [0.717, 1.165) is 37.6 Å². The highest BCUT2D eigenvalue weighted by molar-refractivity contribution is 9.10. The zero-order valence-corrected chi connectivity index (χ0v) is 26.3. The molecule has 10 heteroatoms. The maximum Gasteiger partial charge on any atom is 0.264 e. The lowest BCUT2D eigenvalue weighted by molar-refractivity contribution is -0.140. The average Bonchev–Trinajstić information content (AvgIpc) is 3.00. The third-order valence-electron chi connectivity index (χ3n) is 6.89. The van der Waals surface area contributed by atoms with Gasteiger partial charge in [0.15, 0.2) is 0 Å². The minimum atomic E-state index is -4.29. The van der Waals surface area contributed by atoms with Crippen LogP contribution in [0.15, 0.2) is 112 Å². The standard InChI is InChI=1S/C33H33BrFN3O4S/c1-3-36-33(40)31(21-25-7-5-4-6-8-25)37(22-26-11-13-27(34)14-12-26)32(39)23-38(29-17-9-24(2)10-18-29)43(41,42)30-19-15-28(35)16-20-30/h4-20,31H,3,21-23H2,1-2H3,(H,36,40). The van der Waals surface area contributed by atoms with Crippen LogP contribution < -0.4 is 9.62 Å². The molecule has 0 aliphatic heterocycles. The van der Waals surface area contributed by atoms with E-state index in [1.807, 2.05) is 61.5 Å². The summed E-state index contributed by atoms with van der Waals surface area (Å²) >= 11 is 3.43. The largest absolute Gasteiger partial charge is 0.355 e. The normalized spacial score (nSPS) is 11.9. The molecule has 1 atom stereocenters. The number of rotatable bonds is 12. The molecule has 0 saturated heterocycles. The molecular weight excluding hydrogens is 633 g/mol. The highest BCUT2D eigenvalue weighted by Crippen LogP contribution is 2.26.